The quantitative estimate of drug-likeness (QED) is 0.447. The number of carbonyl (C=O) groups is 1. The molecule has 0 aliphatic carbocycles. The molecule has 154 valence electrons. The van der Waals surface area contributed by atoms with Crippen molar-refractivity contribution in [1.29, 1.82) is 0 Å². The Morgan fingerprint density at radius 3 is 2.81 bits per heavy atom. The van der Waals surface area contributed by atoms with Crippen LogP contribution in [0.25, 0.3) is 11.3 Å². The van der Waals surface area contributed by atoms with Crippen LogP contribution in [-0.2, 0) is 4.79 Å². The molecule has 4 aromatic rings. The fourth-order valence-corrected chi connectivity index (χ4v) is 4.60. The van der Waals surface area contributed by atoms with Crippen molar-refractivity contribution in [2.45, 2.75) is 6.92 Å². The molecule has 0 fully saturated rings. The normalized spacial score (nSPS) is 13.8. The second-order valence-corrected chi connectivity index (χ2v) is 8.63. The summed E-state index contributed by atoms with van der Waals surface area (Å²) in [4.78, 5) is 17.3. The minimum Gasteiger partial charge on any atom is -0.482 e. The number of fused-ring (bicyclic) bond motifs is 1. The first-order chi connectivity index (χ1) is 15.2. The Kier molecular flexibility index (Phi) is 5.23. The van der Waals surface area contributed by atoms with Crippen LogP contribution in [0.2, 0.25) is 0 Å². The molecule has 1 N–H and O–H groups in total. The molecular formula is C23H18N4O2S2. The average Bonchev–Trinajstić information content (AvgIpc) is 3.43. The van der Waals surface area contributed by atoms with Crippen LogP contribution >= 0.6 is 22.7 Å². The van der Waals surface area contributed by atoms with Crippen molar-refractivity contribution in [3.63, 3.8) is 0 Å². The van der Waals surface area contributed by atoms with Crippen LogP contribution in [0.15, 0.2) is 74.8 Å². The number of aromatic nitrogens is 1. The van der Waals surface area contributed by atoms with Gasteiger partial charge in [-0.1, -0.05) is 17.7 Å². The topological polar surface area (TPSA) is 68.0 Å². The first-order valence-corrected chi connectivity index (χ1v) is 11.4. The van der Waals surface area contributed by atoms with E-state index in [2.05, 4.69) is 12.2 Å². The van der Waals surface area contributed by atoms with Gasteiger partial charge in [0, 0.05) is 16.5 Å². The largest absolute Gasteiger partial charge is 0.482 e. The van der Waals surface area contributed by atoms with E-state index in [0.717, 1.165) is 27.3 Å². The number of aryl methyl sites for hydroxylation is 1. The van der Waals surface area contributed by atoms with Crippen LogP contribution in [-0.4, -0.2) is 23.4 Å². The van der Waals surface area contributed by atoms with Crippen molar-refractivity contribution in [3.8, 4) is 17.0 Å². The summed E-state index contributed by atoms with van der Waals surface area (Å²) in [6.07, 6.45) is 1.82. The number of thiazole rings is 1. The monoisotopic (exact) mass is 446 g/mol. The van der Waals surface area contributed by atoms with Gasteiger partial charge in [0.25, 0.3) is 5.91 Å². The molecule has 0 radical (unpaired) electrons. The molecule has 6 nitrogen and oxygen atoms in total. The molecule has 2 aromatic heterocycles. The van der Waals surface area contributed by atoms with Gasteiger partial charge in [-0.15, -0.1) is 11.3 Å². The van der Waals surface area contributed by atoms with Gasteiger partial charge in [0.1, 0.15) is 5.75 Å². The third kappa shape index (κ3) is 4.21. The minimum atomic E-state index is -0.159. The Hall–Kier alpha value is -3.49. The van der Waals surface area contributed by atoms with Crippen molar-refractivity contribution < 1.29 is 9.53 Å². The third-order valence-corrected chi connectivity index (χ3v) is 6.24. The van der Waals surface area contributed by atoms with Crippen molar-refractivity contribution in [1.82, 2.24) is 4.68 Å². The number of carbonyl (C=O) groups excluding carboxylic acids is 1. The molecular weight excluding hydrogens is 428 g/mol. The Morgan fingerprint density at radius 2 is 2.00 bits per heavy atom. The maximum atomic E-state index is 11.7. The number of nitrogens with zero attached hydrogens (tertiary/aromatic N) is 3. The molecule has 5 rings (SSSR count). The second kappa shape index (κ2) is 8.33. The maximum Gasteiger partial charge on any atom is 0.262 e. The van der Waals surface area contributed by atoms with Crippen LogP contribution in [0.3, 0.4) is 0 Å². The SMILES string of the molecule is Cc1ccc(N=c2scc(-c3ccc4c(c3)NC(=O)CO4)n2N=Cc2ccsc2)cc1. The second-order valence-electron chi connectivity index (χ2n) is 7.01. The van der Waals surface area contributed by atoms with Gasteiger partial charge in [-0.05, 0) is 54.1 Å². The summed E-state index contributed by atoms with van der Waals surface area (Å²) in [6, 6.07) is 15.8. The Labute approximate surface area is 186 Å². The first kappa shape index (κ1) is 19.5. The molecule has 0 unspecified atom stereocenters. The van der Waals surface area contributed by atoms with Crippen molar-refractivity contribution in [2.24, 2.45) is 10.1 Å². The van der Waals surface area contributed by atoms with E-state index in [1.165, 1.54) is 16.9 Å². The van der Waals surface area contributed by atoms with Crippen LogP contribution in [0.5, 0.6) is 5.75 Å². The molecule has 1 amide bonds. The summed E-state index contributed by atoms with van der Waals surface area (Å²) < 4.78 is 7.31. The number of amides is 1. The first-order valence-electron chi connectivity index (χ1n) is 9.61. The van der Waals surface area contributed by atoms with E-state index in [1.54, 1.807) is 11.3 Å². The lowest BCUT2D eigenvalue weighted by Gasteiger charge is -2.18. The molecule has 1 aliphatic rings. The number of thiophene rings is 1. The fourth-order valence-electron chi connectivity index (χ4n) is 3.13. The molecule has 31 heavy (non-hydrogen) atoms. The summed E-state index contributed by atoms with van der Waals surface area (Å²) in [5.41, 5.74) is 5.53. The summed E-state index contributed by atoms with van der Waals surface area (Å²) in [5.74, 6) is 0.504. The fraction of sp³-hybridized carbons (Fsp3) is 0.0870. The van der Waals surface area contributed by atoms with Gasteiger partial charge in [-0.25, -0.2) is 9.67 Å². The third-order valence-electron chi connectivity index (χ3n) is 4.72. The van der Waals surface area contributed by atoms with Crippen LogP contribution in [0.4, 0.5) is 11.4 Å². The van der Waals surface area contributed by atoms with Crippen LogP contribution in [0, 0.1) is 6.92 Å². The van der Waals surface area contributed by atoms with E-state index in [-0.39, 0.29) is 12.5 Å². The lowest BCUT2D eigenvalue weighted by atomic mass is 10.1. The summed E-state index contributed by atoms with van der Waals surface area (Å²) in [6.45, 7) is 2.09. The number of benzene rings is 2. The van der Waals surface area contributed by atoms with E-state index in [1.807, 2.05) is 75.6 Å². The van der Waals surface area contributed by atoms with Crippen molar-refractivity contribution >= 4 is 46.2 Å². The average molecular weight is 447 g/mol. The zero-order valence-corrected chi connectivity index (χ0v) is 18.2. The van der Waals surface area contributed by atoms with Gasteiger partial charge < -0.3 is 10.1 Å². The predicted molar refractivity (Wildman–Crippen MR) is 126 cm³/mol. The van der Waals surface area contributed by atoms with E-state index in [0.29, 0.717) is 11.4 Å². The van der Waals surface area contributed by atoms with E-state index in [4.69, 9.17) is 14.8 Å². The number of nitrogens with one attached hydrogen (secondary N) is 1. The number of rotatable bonds is 4. The minimum absolute atomic E-state index is 0.0370. The van der Waals surface area contributed by atoms with Crippen LogP contribution < -0.4 is 14.9 Å². The van der Waals surface area contributed by atoms with Crippen LogP contribution in [0.1, 0.15) is 11.1 Å². The molecule has 0 saturated heterocycles. The number of hydrogen-bond donors (Lipinski definition) is 1. The zero-order chi connectivity index (χ0) is 21.2. The highest BCUT2D eigenvalue weighted by Crippen LogP contribution is 2.33. The smallest absolute Gasteiger partial charge is 0.262 e. The molecule has 8 heteroatoms. The highest BCUT2D eigenvalue weighted by atomic mass is 32.1. The lowest BCUT2D eigenvalue weighted by Crippen LogP contribution is -2.25. The maximum absolute atomic E-state index is 11.7. The van der Waals surface area contributed by atoms with Crippen molar-refractivity contribution in [3.05, 3.63) is 80.6 Å². The summed E-state index contributed by atoms with van der Waals surface area (Å²) in [5, 5.41) is 13.7. The lowest BCUT2D eigenvalue weighted by molar-refractivity contribution is -0.118. The molecule has 3 heterocycles. The molecule has 0 atom stereocenters. The highest BCUT2D eigenvalue weighted by molar-refractivity contribution is 7.08. The van der Waals surface area contributed by atoms with Crippen molar-refractivity contribution in [2.75, 3.05) is 11.9 Å². The Bertz CT molecular complexity index is 1330. The Balaban J connectivity index is 1.62. The molecule has 2 aromatic carbocycles. The van der Waals surface area contributed by atoms with E-state index < -0.39 is 0 Å². The number of anilines is 1. The number of hydrogen-bond acceptors (Lipinski definition) is 6. The van der Waals surface area contributed by atoms with E-state index in [9.17, 15) is 4.79 Å². The van der Waals surface area contributed by atoms with E-state index >= 15 is 0 Å². The summed E-state index contributed by atoms with van der Waals surface area (Å²) >= 11 is 3.14. The van der Waals surface area contributed by atoms with Gasteiger partial charge in [0.15, 0.2) is 6.61 Å². The predicted octanol–water partition coefficient (Wildman–Crippen LogP) is 5.03. The molecule has 0 bridgehead atoms. The zero-order valence-electron chi connectivity index (χ0n) is 16.6. The highest BCUT2D eigenvalue weighted by Gasteiger charge is 2.17. The molecule has 1 aliphatic heterocycles. The van der Waals surface area contributed by atoms with Gasteiger partial charge in [-0.2, -0.15) is 16.4 Å². The number of ether oxygens (including phenoxy) is 1. The summed E-state index contributed by atoms with van der Waals surface area (Å²) in [7, 11) is 0. The molecule has 0 saturated carbocycles. The van der Waals surface area contributed by atoms with Gasteiger partial charge in [0.2, 0.25) is 4.80 Å². The van der Waals surface area contributed by atoms with Gasteiger partial charge in [0.05, 0.1) is 23.3 Å². The van der Waals surface area contributed by atoms with Gasteiger partial charge >= 0.3 is 0 Å². The molecule has 0 spiro atoms. The standard InChI is InChI=1S/C23H18N4O2S2/c1-15-2-5-18(6-3-15)25-23-27(24-11-16-8-9-30-13-16)20(14-31-23)17-4-7-21-19(10-17)26-22(28)12-29-21/h2-11,13-14H,12H2,1H3,(H,26,28). The Morgan fingerprint density at radius 1 is 1.13 bits per heavy atom. The van der Waals surface area contributed by atoms with Gasteiger partial charge in [-0.3, -0.25) is 4.79 Å².